The van der Waals surface area contributed by atoms with Crippen molar-refractivity contribution in [3.8, 4) is 0 Å². The van der Waals surface area contributed by atoms with Crippen LogP contribution in [0.15, 0.2) is 48.5 Å². The number of halogens is 2. The first-order valence-corrected chi connectivity index (χ1v) is 12.9. The van der Waals surface area contributed by atoms with Crippen molar-refractivity contribution in [2.24, 2.45) is 11.7 Å². The molecule has 2 rings (SSSR count). The van der Waals surface area contributed by atoms with Crippen LogP contribution < -0.4 is 21.7 Å². The third kappa shape index (κ3) is 10.5. The van der Waals surface area contributed by atoms with Crippen LogP contribution in [0.25, 0.3) is 0 Å². The molecule has 0 heterocycles. The van der Waals surface area contributed by atoms with Gasteiger partial charge in [-0.15, -0.1) is 0 Å². The Balaban J connectivity index is 2.04. The lowest BCUT2D eigenvalue weighted by molar-refractivity contribution is -0.127. The number of ether oxygens (including phenoxy) is 2. The molecule has 0 aliphatic carbocycles. The summed E-state index contributed by atoms with van der Waals surface area (Å²) >= 11 is 0. The molecular weight excluding hydrogens is 510 g/mol. The molecule has 0 saturated carbocycles. The second kappa shape index (κ2) is 15.6. The highest BCUT2D eigenvalue weighted by Gasteiger charge is 2.37. The molecule has 4 amide bonds. The predicted molar refractivity (Wildman–Crippen MR) is 143 cm³/mol. The summed E-state index contributed by atoms with van der Waals surface area (Å²) in [6.07, 6.45) is -0.704. The first-order chi connectivity index (χ1) is 18.5. The lowest BCUT2D eigenvalue weighted by Gasteiger charge is -2.31. The fourth-order valence-corrected chi connectivity index (χ4v) is 3.91. The summed E-state index contributed by atoms with van der Waals surface area (Å²) in [6.45, 7) is 6.58. The van der Waals surface area contributed by atoms with Gasteiger partial charge in [0.2, 0.25) is 5.91 Å². The highest BCUT2D eigenvalue weighted by Crippen LogP contribution is 2.26. The molecule has 2 atom stereocenters. The molecule has 0 bridgehead atoms. The van der Waals surface area contributed by atoms with Crippen molar-refractivity contribution >= 4 is 18.0 Å². The molecule has 0 fully saturated rings. The first-order valence-electron chi connectivity index (χ1n) is 12.9. The molecule has 39 heavy (non-hydrogen) atoms. The zero-order valence-corrected chi connectivity index (χ0v) is 22.6. The Morgan fingerprint density at radius 1 is 0.949 bits per heavy atom. The van der Waals surface area contributed by atoms with Crippen LogP contribution in [0.2, 0.25) is 0 Å². The standard InChI is InChI=1S/C28H38F2N4O5/c1-19(2)24(20-10-5-4-6-11-20)39-27(37)34-28(3,18-21-12-7-13-22(29)23(21)30)25(35)32-14-8-16-38-17-9-15-33-26(31)36/h4-7,10-13,19,24H,8-9,14-18H2,1-3H3,(H,32,35)(H,34,37)(H3,31,33,36). The Labute approximate surface area is 227 Å². The van der Waals surface area contributed by atoms with Gasteiger partial charge < -0.3 is 31.2 Å². The van der Waals surface area contributed by atoms with Gasteiger partial charge in [-0.3, -0.25) is 4.79 Å². The third-order valence-corrected chi connectivity index (χ3v) is 5.94. The van der Waals surface area contributed by atoms with E-state index in [0.717, 1.165) is 11.6 Å². The smallest absolute Gasteiger partial charge is 0.408 e. The normalized spacial score (nSPS) is 13.3. The molecule has 0 aliphatic heterocycles. The zero-order chi connectivity index (χ0) is 28.8. The molecule has 0 spiro atoms. The summed E-state index contributed by atoms with van der Waals surface area (Å²) in [5.74, 6) is -2.79. The van der Waals surface area contributed by atoms with E-state index in [4.69, 9.17) is 15.2 Å². The molecule has 2 unspecified atom stereocenters. The van der Waals surface area contributed by atoms with Crippen LogP contribution in [0, 0.1) is 17.6 Å². The Bertz CT molecular complexity index is 1090. The Kier molecular flexibility index (Phi) is 12.6. The molecule has 0 aromatic heterocycles. The molecule has 0 aliphatic rings. The summed E-state index contributed by atoms with van der Waals surface area (Å²) in [7, 11) is 0. The number of urea groups is 1. The molecule has 0 radical (unpaired) electrons. The fraction of sp³-hybridized carbons (Fsp3) is 0.464. The topological polar surface area (TPSA) is 132 Å². The van der Waals surface area contributed by atoms with Gasteiger partial charge in [-0.05, 0) is 42.9 Å². The average Bonchev–Trinajstić information content (AvgIpc) is 2.89. The maximum absolute atomic E-state index is 14.5. The number of nitrogens with one attached hydrogen (secondary N) is 3. The molecule has 2 aromatic rings. The van der Waals surface area contributed by atoms with E-state index in [1.807, 2.05) is 44.2 Å². The van der Waals surface area contributed by atoms with Gasteiger partial charge in [-0.25, -0.2) is 18.4 Å². The summed E-state index contributed by atoms with van der Waals surface area (Å²) in [5, 5.41) is 7.77. The maximum atomic E-state index is 14.5. The third-order valence-electron chi connectivity index (χ3n) is 5.94. The van der Waals surface area contributed by atoms with Crippen molar-refractivity contribution in [2.45, 2.75) is 51.7 Å². The molecule has 0 saturated heterocycles. The predicted octanol–water partition coefficient (Wildman–Crippen LogP) is 3.97. The van der Waals surface area contributed by atoms with Crippen molar-refractivity contribution in [1.29, 1.82) is 0 Å². The van der Waals surface area contributed by atoms with Crippen LogP contribution in [0.3, 0.4) is 0 Å². The minimum absolute atomic E-state index is 0.0644. The number of amides is 4. The van der Waals surface area contributed by atoms with Crippen LogP contribution in [0.1, 0.15) is 50.8 Å². The lowest BCUT2D eigenvalue weighted by atomic mass is 9.91. The zero-order valence-electron chi connectivity index (χ0n) is 22.6. The van der Waals surface area contributed by atoms with Gasteiger partial charge in [0, 0.05) is 32.7 Å². The molecular formula is C28H38F2N4O5. The number of rotatable bonds is 15. The van der Waals surface area contributed by atoms with E-state index in [0.29, 0.717) is 32.6 Å². The summed E-state index contributed by atoms with van der Waals surface area (Å²) in [4.78, 5) is 36.9. The van der Waals surface area contributed by atoms with Gasteiger partial charge in [0.05, 0.1) is 0 Å². The van der Waals surface area contributed by atoms with Crippen molar-refractivity contribution in [2.75, 3.05) is 26.3 Å². The Hall–Kier alpha value is -3.73. The van der Waals surface area contributed by atoms with Gasteiger partial charge in [0.25, 0.3) is 0 Å². The highest BCUT2D eigenvalue weighted by molar-refractivity contribution is 5.90. The second-order valence-corrected chi connectivity index (χ2v) is 9.69. The number of hydrogen-bond acceptors (Lipinski definition) is 5. The van der Waals surface area contributed by atoms with E-state index in [9.17, 15) is 23.2 Å². The summed E-state index contributed by atoms with van der Waals surface area (Å²) < 4.78 is 39.5. The van der Waals surface area contributed by atoms with Crippen LogP contribution in [-0.2, 0) is 20.7 Å². The fourth-order valence-electron chi connectivity index (χ4n) is 3.91. The first kappa shape index (κ1) is 31.5. The monoisotopic (exact) mass is 548 g/mol. The van der Waals surface area contributed by atoms with E-state index in [1.54, 1.807) is 0 Å². The van der Waals surface area contributed by atoms with Gasteiger partial charge in [0.1, 0.15) is 11.6 Å². The largest absolute Gasteiger partial charge is 0.441 e. The van der Waals surface area contributed by atoms with Gasteiger partial charge in [0.15, 0.2) is 11.6 Å². The van der Waals surface area contributed by atoms with Gasteiger partial charge >= 0.3 is 12.1 Å². The summed E-state index contributed by atoms with van der Waals surface area (Å²) in [5.41, 5.74) is 4.06. The van der Waals surface area contributed by atoms with Crippen molar-refractivity contribution < 1.29 is 32.6 Å². The average molecular weight is 549 g/mol. The van der Waals surface area contributed by atoms with E-state index in [2.05, 4.69) is 16.0 Å². The second-order valence-electron chi connectivity index (χ2n) is 9.69. The molecule has 214 valence electrons. The maximum Gasteiger partial charge on any atom is 0.408 e. The van der Waals surface area contributed by atoms with Crippen LogP contribution in [-0.4, -0.2) is 49.9 Å². The van der Waals surface area contributed by atoms with Crippen LogP contribution in [0.4, 0.5) is 18.4 Å². The van der Waals surface area contributed by atoms with Crippen LogP contribution in [0.5, 0.6) is 0 Å². The molecule has 5 N–H and O–H groups in total. The Morgan fingerprint density at radius 3 is 2.21 bits per heavy atom. The lowest BCUT2D eigenvalue weighted by Crippen LogP contribution is -2.58. The number of benzene rings is 2. The number of hydrogen-bond donors (Lipinski definition) is 4. The number of nitrogens with two attached hydrogens (primary N) is 1. The number of primary amides is 1. The van der Waals surface area contributed by atoms with Crippen molar-refractivity contribution in [3.63, 3.8) is 0 Å². The van der Waals surface area contributed by atoms with Crippen LogP contribution >= 0.6 is 0 Å². The van der Waals surface area contributed by atoms with E-state index < -0.39 is 41.3 Å². The van der Waals surface area contributed by atoms with E-state index >= 15 is 0 Å². The quantitative estimate of drug-likeness (QED) is 0.250. The minimum Gasteiger partial charge on any atom is -0.441 e. The number of carbonyl (C=O) groups excluding carboxylic acids is 3. The van der Waals surface area contributed by atoms with E-state index in [-0.39, 0.29) is 24.4 Å². The minimum atomic E-state index is -1.65. The highest BCUT2D eigenvalue weighted by atomic mass is 19.2. The van der Waals surface area contributed by atoms with Gasteiger partial charge in [-0.2, -0.15) is 0 Å². The Morgan fingerprint density at radius 2 is 1.59 bits per heavy atom. The molecule has 11 heteroatoms. The number of carbonyl (C=O) groups is 3. The SMILES string of the molecule is CC(C)C(OC(=O)NC(C)(Cc1cccc(F)c1F)C(=O)NCCCOCCCNC(N)=O)c1ccccc1. The van der Waals surface area contributed by atoms with Crippen molar-refractivity contribution in [3.05, 3.63) is 71.3 Å². The number of alkyl carbamates (subject to hydrolysis) is 1. The molecule has 2 aromatic carbocycles. The summed E-state index contributed by atoms with van der Waals surface area (Å²) in [6, 6.07) is 12.3. The van der Waals surface area contributed by atoms with Gasteiger partial charge in [-0.1, -0.05) is 56.3 Å². The molecule has 9 nitrogen and oxygen atoms in total. The van der Waals surface area contributed by atoms with Crippen molar-refractivity contribution in [1.82, 2.24) is 16.0 Å². The van der Waals surface area contributed by atoms with E-state index in [1.165, 1.54) is 19.1 Å².